The molecule has 2 rings (SSSR count). The van der Waals surface area contributed by atoms with Gasteiger partial charge in [0.25, 0.3) is 11.6 Å². The number of esters is 1. The van der Waals surface area contributed by atoms with Crippen LogP contribution in [0.2, 0.25) is 0 Å². The Bertz CT molecular complexity index is 815. The lowest BCUT2D eigenvalue weighted by atomic mass is 10.2. The number of benzene rings is 1. The predicted molar refractivity (Wildman–Crippen MR) is 84.4 cm³/mol. The molecule has 1 atom stereocenters. The quantitative estimate of drug-likeness (QED) is 0.476. The molecule has 0 aliphatic rings. The Hall–Kier alpha value is -3.43. The third-order valence-electron chi connectivity index (χ3n) is 3.14. The highest BCUT2D eigenvalue weighted by molar-refractivity contribution is 5.97. The Labute approximate surface area is 141 Å². The van der Waals surface area contributed by atoms with E-state index in [1.807, 2.05) is 0 Å². The van der Waals surface area contributed by atoms with Gasteiger partial charge in [0.15, 0.2) is 6.10 Å². The van der Waals surface area contributed by atoms with Crippen LogP contribution < -0.4 is 10.1 Å². The van der Waals surface area contributed by atoms with Crippen molar-refractivity contribution in [2.75, 3.05) is 12.4 Å². The molecule has 0 fully saturated rings. The van der Waals surface area contributed by atoms with Crippen molar-refractivity contribution in [3.05, 3.63) is 45.8 Å². The molecule has 1 aromatic heterocycles. The zero-order valence-electron chi connectivity index (χ0n) is 13.6. The van der Waals surface area contributed by atoms with E-state index in [9.17, 15) is 19.7 Å². The first kappa shape index (κ1) is 17.9. The highest BCUT2D eigenvalue weighted by Gasteiger charge is 2.23. The van der Waals surface area contributed by atoms with Gasteiger partial charge >= 0.3 is 5.97 Å². The molecular weight excluding hydrogens is 334 g/mol. The third kappa shape index (κ3) is 4.31. The van der Waals surface area contributed by atoms with Crippen molar-refractivity contribution in [2.45, 2.75) is 20.0 Å². The summed E-state index contributed by atoms with van der Waals surface area (Å²) < 4.78 is 14.8. The molecule has 1 N–H and O–H groups in total. The van der Waals surface area contributed by atoms with Crippen molar-refractivity contribution < 1.29 is 28.5 Å². The molecule has 1 aromatic carbocycles. The van der Waals surface area contributed by atoms with E-state index in [4.69, 9.17) is 14.0 Å². The number of aryl methyl sites for hydroxylation is 1. The normalized spacial score (nSPS) is 11.5. The summed E-state index contributed by atoms with van der Waals surface area (Å²) in [5.41, 5.74) is 0.520. The minimum absolute atomic E-state index is 0.104. The van der Waals surface area contributed by atoms with Crippen LogP contribution in [0.15, 0.2) is 28.8 Å². The van der Waals surface area contributed by atoms with Crippen LogP contribution in [-0.2, 0) is 9.53 Å². The second-order valence-corrected chi connectivity index (χ2v) is 5.01. The Morgan fingerprint density at radius 2 is 2.08 bits per heavy atom. The zero-order chi connectivity index (χ0) is 18.6. The number of aromatic nitrogens is 1. The standard InChI is InChI=1S/C15H15N3O7/c1-8-6-13(25-17-8)15(20)24-9(2)14(19)16-11-5-4-10(18(21)22)7-12(11)23-3/h4-7,9H,1-3H3,(H,16,19)/t9-/m1/s1. The average Bonchev–Trinajstić information content (AvgIpc) is 3.01. The molecule has 0 bridgehead atoms. The maximum absolute atomic E-state index is 12.1. The van der Waals surface area contributed by atoms with E-state index >= 15 is 0 Å². The van der Waals surface area contributed by atoms with Gasteiger partial charge in [0, 0.05) is 12.1 Å². The average molecular weight is 349 g/mol. The topological polar surface area (TPSA) is 134 Å². The molecule has 0 unspecified atom stereocenters. The highest BCUT2D eigenvalue weighted by Crippen LogP contribution is 2.29. The number of nitrogens with zero attached hydrogens (tertiary/aromatic N) is 2. The molecule has 0 radical (unpaired) electrons. The van der Waals surface area contributed by atoms with Gasteiger partial charge in [-0.25, -0.2) is 4.79 Å². The van der Waals surface area contributed by atoms with E-state index in [1.54, 1.807) is 6.92 Å². The fraction of sp³-hybridized carbons (Fsp3) is 0.267. The summed E-state index contributed by atoms with van der Waals surface area (Å²) in [4.78, 5) is 34.2. The summed E-state index contributed by atoms with van der Waals surface area (Å²) in [5.74, 6) is -1.49. The number of amides is 1. The van der Waals surface area contributed by atoms with Gasteiger partial charge in [0.05, 0.1) is 29.5 Å². The number of nitrogens with one attached hydrogen (secondary N) is 1. The molecule has 0 saturated carbocycles. The number of non-ortho nitro benzene ring substituents is 1. The number of anilines is 1. The molecule has 10 heteroatoms. The molecular formula is C15H15N3O7. The van der Waals surface area contributed by atoms with Crippen LogP contribution in [0, 0.1) is 17.0 Å². The SMILES string of the molecule is COc1cc([N+](=O)[O-])ccc1NC(=O)[C@@H](C)OC(=O)c1cc(C)no1. The minimum atomic E-state index is -1.14. The lowest BCUT2D eigenvalue weighted by molar-refractivity contribution is -0.384. The molecule has 0 aliphatic heterocycles. The minimum Gasteiger partial charge on any atom is -0.494 e. The number of ether oxygens (including phenoxy) is 2. The number of carbonyl (C=O) groups excluding carboxylic acids is 2. The number of carbonyl (C=O) groups is 2. The van der Waals surface area contributed by atoms with E-state index < -0.39 is 22.9 Å². The molecule has 1 heterocycles. The van der Waals surface area contributed by atoms with Crippen molar-refractivity contribution in [3.63, 3.8) is 0 Å². The number of hydrogen-bond donors (Lipinski definition) is 1. The monoisotopic (exact) mass is 349 g/mol. The second kappa shape index (κ2) is 7.43. The van der Waals surface area contributed by atoms with Gasteiger partial charge in [-0.1, -0.05) is 5.16 Å². The van der Waals surface area contributed by atoms with Gasteiger partial charge in [-0.15, -0.1) is 0 Å². The van der Waals surface area contributed by atoms with E-state index in [0.29, 0.717) is 5.69 Å². The summed E-state index contributed by atoms with van der Waals surface area (Å²) in [5, 5.41) is 16.8. The number of rotatable bonds is 6. The third-order valence-corrected chi connectivity index (χ3v) is 3.14. The highest BCUT2D eigenvalue weighted by atomic mass is 16.6. The molecule has 132 valence electrons. The Balaban J connectivity index is 2.05. The Morgan fingerprint density at radius 3 is 2.64 bits per heavy atom. The van der Waals surface area contributed by atoms with E-state index in [1.165, 1.54) is 38.3 Å². The largest absolute Gasteiger partial charge is 0.494 e. The van der Waals surface area contributed by atoms with Crippen LogP contribution in [0.4, 0.5) is 11.4 Å². The van der Waals surface area contributed by atoms with Crippen molar-refractivity contribution in [1.29, 1.82) is 0 Å². The van der Waals surface area contributed by atoms with E-state index in [-0.39, 0.29) is 22.9 Å². The summed E-state index contributed by atoms with van der Waals surface area (Å²) >= 11 is 0. The molecule has 2 aromatic rings. The smallest absolute Gasteiger partial charge is 0.377 e. The number of nitro groups is 1. The number of nitro benzene ring substituents is 1. The fourth-order valence-electron chi connectivity index (χ4n) is 1.86. The summed E-state index contributed by atoms with van der Waals surface area (Å²) in [6.45, 7) is 3.01. The van der Waals surface area contributed by atoms with E-state index in [2.05, 4.69) is 10.5 Å². The van der Waals surface area contributed by atoms with Crippen molar-refractivity contribution in [3.8, 4) is 5.75 Å². The first-order chi connectivity index (χ1) is 11.8. The number of methoxy groups -OCH3 is 1. The lowest BCUT2D eigenvalue weighted by Gasteiger charge is -2.14. The molecule has 1 amide bonds. The van der Waals surface area contributed by atoms with Crippen LogP contribution in [0.5, 0.6) is 5.75 Å². The van der Waals surface area contributed by atoms with Crippen molar-refractivity contribution in [2.24, 2.45) is 0 Å². The summed E-state index contributed by atoms with van der Waals surface area (Å²) in [6, 6.07) is 5.09. The summed E-state index contributed by atoms with van der Waals surface area (Å²) in [6.07, 6.45) is -1.14. The van der Waals surface area contributed by atoms with Gasteiger partial charge in [-0.2, -0.15) is 0 Å². The first-order valence-electron chi connectivity index (χ1n) is 7.09. The van der Waals surface area contributed by atoms with Gasteiger partial charge in [-0.3, -0.25) is 14.9 Å². The zero-order valence-corrected chi connectivity index (χ0v) is 13.6. The lowest BCUT2D eigenvalue weighted by Crippen LogP contribution is -2.30. The fourth-order valence-corrected chi connectivity index (χ4v) is 1.86. The van der Waals surface area contributed by atoms with Crippen LogP contribution >= 0.6 is 0 Å². The maximum Gasteiger partial charge on any atom is 0.377 e. The summed E-state index contributed by atoms with van der Waals surface area (Å²) in [7, 11) is 1.31. The van der Waals surface area contributed by atoms with Gasteiger partial charge in [-0.05, 0) is 19.9 Å². The molecule has 0 saturated heterocycles. The van der Waals surface area contributed by atoms with Crippen LogP contribution in [0.25, 0.3) is 0 Å². The van der Waals surface area contributed by atoms with Gasteiger partial charge in [0.1, 0.15) is 5.75 Å². The van der Waals surface area contributed by atoms with Crippen molar-refractivity contribution >= 4 is 23.3 Å². The molecule has 25 heavy (non-hydrogen) atoms. The Morgan fingerprint density at radius 1 is 1.36 bits per heavy atom. The van der Waals surface area contributed by atoms with Gasteiger partial charge < -0.3 is 19.3 Å². The molecule has 0 aliphatic carbocycles. The molecule has 0 spiro atoms. The maximum atomic E-state index is 12.1. The van der Waals surface area contributed by atoms with Crippen LogP contribution in [0.3, 0.4) is 0 Å². The van der Waals surface area contributed by atoms with Crippen LogP contribution in [0.1, 0.15) is 23.2 Å². The second-order valence-electron chi connectivity index (χ2n) is 5.01. The number of hydrogen-bond acceptors (Lipinski definition) is 8. The van der Waals surface area contributed by atoms with Crippen molar-refractivity contribution in [1.82, 2.24) is 5.16 Å². The van der Waals surface area contributed by atoms with Crippen LogP contribution in [-0.4, -0.2) is 35.2 Å². The van der Waals surface area contributed by atoms with Gasteiger partial charge in [0.2, 0.25) is 5.76 Å². The Kier molecular flexibility index (Phi) is 5.32. The molecule has 10 nitrogen and oxygen atoms in total. The predicted octanol–water partition coefficient (Wildman–Crippen LogP) is 2.08. The van der Waals surface area contributed by atoms with E-state index in [0.717, 1.165) is 0 Å². The first-order valence-corrected chi connectivity index (χ1v) is 7.09.